The second-order valence-electron chi connectivity index (χ2n) is 10.1. The Bertz CT molecular complexity index is 814. The number of benzene rings is 1. The van der Waals surface area contributed by atoms with Gasteiger partial charge in [-0.15, -0.1) is 0 Å². The maximum absolute atomic E-state index is 13.5. The first-order valence-corrected chi connectivity index (χ1v) is 9.98. The molecule has 166 valence electrons. The molecule has 7 heteroatoms. The summed E-state index contributed by atoms with van der Waals surface area (Å²) in [4.78, 5) is 39.1. The van der Waals surface area contributed by atoms with Gasteiger partial charge in [-0.25, -0.2) is 4.39 Å². The fraction of sp³-hybridized carbons (Fsp3) is 0.609. The molecule has 1 aromatic carbocycles. The topological polar surface area (TPSA) is 89.9 Å². The fourth-order valence-corrected chi connectivity index (χ4v) is 3.83. The molecule has 0 aromatic heterocycles. The first kappa shape index (κ1) is 24.0. The first-order chi connectivity index (χ1) is 13.5. The van der Waals surface area contributed by atoms with Crippen molar-refractivity contribution in [3.05, 3.63) is 35.6 Å². The number of carbonyl (C=O) groups is 3. The number of hydrogen-bond donors (Lipinski definition) is 1. The van der Waals surface area contributed by atoms with E-state index in [1.165, 1.54) is 31.2 Å². The Morgan fingerprint density at radius 1 is 1.00 bits per heavy atom. The lowest BCUT2D eigenvalue weighted by Crippen LogP contribution is -2.56. The number of ether oxygens (including phenoxy) is 2. The van der Waals surface area contributed by atoms with Crippen LogP contribution in [0.25, 0.3) is 0 Å². The highest BCUT2D eigenvalue weighted by Crippen LogP contribution is 2.47. The second-order valence-corrected chi connectivity index (χ2v) is 10.1. The third-order valence-electron chi connectivity index (χ3n) is 4.84. The quantitative estimate of drug-likeness (QED) is 0.592. The van der Waals surface area contributed by atoms with E-state index in [9.17, 15) is 23.9 Å². The Kier molecular flexibility index (Phi) is 6.48. The lowest BCUT2D eigenvalue weighted by molar-refractivity contribution is -0.182. The molecule has 1 fully saturated rings. The number of hydrogen-bond acceptors (Lipinski definition) is 6. The van der Waals surface area contributed by atoms with Crippen LogP contribution < -0.4 is 0 Å². The Hall–Kier alpha value is -2.28. The molecule has 1 saturated carbocycles. The van der Waals surface area contributed by atoms with Gasteiger partial charge in [0.25, 0.3) is 0 Å². The summed E-state index contributed by atoms with van der Waals surface area (Å²) in [7, 11) is 0. The molecule has 0 spiro atoms. The molecule has 6 nitrogen and oxygen atoms in total. The van der Waals surface area contributed by atoms with E-state index in [0.29, 0.717) is 5.56 Å². The van der Waals surface area contributed by atoms with Crippen LogP contribution in [0.4, 0.5) is 4.39 Å². The summed E-state index contributed by atoms with van der Waals surface area (Å²) in [6, 6.07) is 5.18. The average Bonchev–Trinajstić information content (AvgIpc) is 2.50. The van der Waals surface area contributed by atoms with Crippen LogP contribution in [-0.2, 0) is 23.9 Å². The molecule has 1 aromatic rings. The summed E-state index contributed by atoms with van der Waals surface area (Å²) in [6.45, 7) is 11.5. The van der Waals surface area contributed by atoms with Crippen molar-refractivity contribution in [1.82, 2.24) is 0 Å². The van der Waals surface area contributed by atoms with Crippen molar-refractivity contribution in [2.45, 2.75) is 77.6 Å². The van der Waals surface area contributed by atoms with Crippen LogP contribution >= 0.6 is 0 Å². The van der Waals surface area contributed by atoms with E-state index < -0.39 is 64.5 Å². The number of halogens is 1. The van der Waals surface area contributed by atoms with Gasteiger partial charge in [0, 0.05) is 12.3 Å². The molecular formula is C23H31FO6. The minimum absolute atomic E-state index is 0.372. The number of carbonyl (C=O) groups excluding carboxylic acids is 3. The highest BCUT2D eigenvalue weighted by Gasteiger charge is 2.57. The van der Waals surface area contributed by atoms with Crippen LogP contribution in [0.15, 0.2) is 24.3 Å². The van der Waals surface area contributed by atoms with Gasteiger partial charge in [-0.2, -0.15) is 0 Å². The van der Waals surface area contributed by atoms with Crippen LogP contribution in [0.3, 0.4) is 0 Å². The molecule has 1 N–H and O–H groups in total. The fourth-order valence-electron chi connectivity index (χ4n) is 3.83. The van der Waals surface area contributed by atoms with Crippen LogP contribution in [0.1, 0.15) is 66.4 Å². The minimum Gasteiger partial charge on any atom is -0.460 e. The lowest BCUT2D eigenvalue weighted by Gasteiger charge is -2.44. The number of Topliss-reactive ketones (excluding diaryl/α,β-unsaturated/α-hetero) is 1. The molecule has 4 atom stereocenters. The van der Waals surface area contributed by atoms with Crippen LogP contribution in [-0.4, -0.2) is 39.6 Å². The summed E-state index contributed by atoms with van der Waals surface area (Å²) in [6.07, 6.45) is -0.404. The number of aliphatic hydroxyl groups is 1. The molecule has 0 heterocycles. The van der Waals surface area contributed by atoms with Gasteiger partial charge in [-0.1, -0.05) is 12.1 Å². The maximum atomic E-state index is 13.5. The smallest absolute Gasteiger partial charge is 0.317 e. The average molecular weight is 422 g/mol. The van der Waals surface area contributed by atoms with Crippen molar-refractivity contribution in [3.8, 4) is 0 Å². The zero-order valence-electron chi connectivity index (χ0n) is 18.6. The molecule has 0 radical (unpaired) electrons. The zero-order valence-corrected chi connectivity index (χ0v) is 18.6. The van der Waals surface area contributed by atoms with Gasteiger partial charge in [0.15, 0.2) is 5.78 Å². The van der Waals surface area contributed by atoms with Gasteiger partial charge in [0.1, 0.15) is 22.9 Å². The number of rotatable bonds is 3. The third kappa shape index (κ3) is 5.65. The Labute approximate surface area is 176 Å². The molecule has 0 unspecified atom stereocenters. The summed E-state index contributed by atoms with van der Waals surface area (Å²) in [5.74, 6) is -6.18. The molecule has 2 rings (SSSR count). The summed E-state index contributed by atoms with van der Waals surface area (Å²) in [5.41, 5.74) is -3.08. The van der Waals surface area contributed by atoms with Crippen LogP contribution in [0, 0.1) is 17.7 Å². The number of ketones is 1. The summed E-state index contributed by atoms with van der Waals surface area (Å²) in [5, 5.41) is 11.0. The van der Waals surface area contributed by atoms with E-state index >= 15 is 0 Å². The van der Waals surface area contributed by atoms with E-state index in [1.54, 1.807) is 41.5 Å². The highest BCUT2D eigenvalue weighted by molar-refractivity contribution is 6.03. The minimum atomic E-state index is -1.75. The van der Waals surface area contributed by atoms with Crippen molar-refractivity contribution in [2.75, 3.05) is 0 Å². The van der Waals surface area contributed by atoms with E-state index in [-0.39, 0.29) is 0 Å². The summed E-state index contributed by atoms with van der Waals surface area (Å²) < 4.78 is 24.5. The standard InChI is InChI=1S/C23H31FO6/c1-21(2,3)29-19(26)17-15(25)12-23(7,28)18(20(27)30-22(4,5)6)16(17)13-8-10-14(24)11-9-13/h8-11,16-18,28H,12H2,1-7H3/t16-,17+,18+,23-/m0/s1. The van der Waals surface area contributed by atoms with Crippen molar-refractivity contribution in [3.63, 3.8) is 0 Å². The molecule has 1 aliphatic carbocycles. The third-order valence-corrected chi connectivity index (χ3v) is 4.84. The van der Waals surface area contributed by atoms with Crippen LogP contribution in [0.2, 0.25) is 0 Å². The van der Waals surface area contributed by atoms with Gasteiger partial charge >= 0.3 is 11.9 Å². The Balaban J connectivity index is 2.62. The maximum Gasteiger partial charge on any atom is 0.317 e. The van der Waals surface area contributed by atoms with Crippen molar-refractivity contribution in [1.29, 1.82) is 0 Å². The number of esters is 2. The van der Waals surface area contributed by atoms with E-state index in [0.717, 1.165) is 0 Å². The molecule has 0 saturated heterocycles. The Morgan fingerprint density at radius 2 is 1.47 bits per heavy atom. The molecular weight excluding hydrogens is 391 g/mol. The predicted octanol–water partition coefficient (Wildman–Crippen LogP) is 3.55. The van der Waals surface area contributed by atoms with Crippen LogP contribution in [0.5, 0.6) is 0 Å². The van der Waals surface area contributed by atoms with E-state index in [2.05, 4.69) is 0 Å². The largest absolute Gasteiger partial charge is 0.460 e. The van der Waals surface area contributed by atoms with E-state index in [4.69, 9.17) is 9.47 Å². The first-order valence-electron chi connectivity index (χ1n) is 9.98. The molecule has 1 aliphatic rings. The van der Waals surface area contributed by atoms with E-state index in [1.807, 2.05) is 0 Å². The lowest BCUT2D eigenvalue weighted by atomic mass is 9.61. The van der Waals surface area contributed by atoms with Gasteiger partial charge < -0.3 is 14.6 Å². The van der Waals surface area contributed by atoms with Gasteiger partial charge in [0.05, 0.1) is 11.5 Å². The summed E-state index contributed by atoms with van der Waals surface area (Å²) >= 11 is 0. The van der Waals surface area contributed by atoms with Gasteiger partial charge in [0.2, 0.25) is 0 Å². The van der Waals surface area contributed by atoms with Gasteiger partial charge in [-0.3, -0.25) is 14.4 Å². The van der Waals surface area contributed by atoms with Crippen molar-refractivity contribution >= 4 is 17.7 Å². The monoisotopic (exact) mass is 422 g/mol. The molecule has 0 amide bonds. The van der Waals surface area contributed by atoms with Crippen molar-refractivity contribution in [2.24, 2.45) is 11.8 Å². The normalized spacial score (nSPS) is 27.5. The highest BCUT2D eigenvalue weighted by atomic mass is 19.1. The molecule has 0 bridgehead atoms. The second kappa shape index (κ2) is 8.10. The van der Waals surface area contributed by atoms with Gasteiger partial charge in [-0.05, 0) is 66.2 Å². The molecule has 30 heavy (non-hydrogen) atoms. The van der Waals surface area contributed by atoms with Crippen molar-refractivity contribution < 1.29 is 33.4 Å². The SMILES string of the molecule is CC(C)(C)OC(=O)[C@@H]1C(=O)C[C@](C)(O)[C@@H](C(=O)OC(C)(C)C)[C@H]1c1ccc(F)cc1. The Morgan fingerprint density at radius 3 is 1.93 bits per heavy atom. The molecule has 0 aliphatic heterocycles. The predicted molar refractivity (Wildman–Crippen MR) is 108 cm³/mol. The zero-order chi connectivity index (χ0) is 23.1.